The zero-order valence-electron chi connectivity index (χ0n) is 17.1. The molecular formula is C23H24ClN3O2. The molecule has 0 N–H and O–H groups in total. The number of halogens is 1. The molecular weight excluding hydrogens is 386 g/mol. The first-order chi connectivity index (χ1) is 13.7. The minimum absolute atomic E-state index is 0.0368. The van der Waals surface area contributed by atoms with Gasteiger partial charge in [-0.2, -0.15) is 5.26 Å². The quantitative estimate of drug-likeness (QED) is 0.749. The summed E-state index contributed by atoms with van der Waals surface area (Å²) < 4.78 is 6.34. The summed E-state index contributed by atoms with van der Waals surface area (Å²) in [7, 11) is 0. The van der Waals surface area contributed by atoms with Crippen LogP contribution in [-0.2, 0) is 6.42 Å². The first kappa shape index (κ1) is 19.7. The zero-order chi connectivity index (χ0) is 21.0. The topological polar surface area (TPSA) is 66.2 Å². The summed E-state index contributed by atoms with van der Waals surface area (Å²) in [5.41, 5.74) is 1.51. The average molecular weight is 410 g/mol. The number of amides is 1. The van der Waals surface area contributed by atoms with Crippen LogP contribution in [0.5, 0.6) is 5.75 Å². The smallest absolute Gasteiger partial charge is 0.256 e. The number of nitrogens with zero attached hydrogens (tertiary/aromatic N) is 3. The van der Waals surface area contributed by atoms with Crippen LogP contribution in [0.1, 0.15) is 49.3 Å². The van der Waals surface area contributed by atoms with E-state index in [0.717, 1.165) is 12.1 Å². The zero-order valence-corrected chi connectivity index (χ0v) is 17.8. The second-order valence-corrected chi connectivity index (χ2v) is 9.45. The van der Waals surface area contributed by atoms with Crippen molar-refractivity contribution in [1.82, 2.24) is 9.88 Å². The predicted molar refractivity (Wildman–Crippen MR) is 111 cm³/mol. The van der Waals surface area contributed by atoms with Crippen molar-refractivity contribution in [3.05, 3.63) is 58.4 Å². The molecule has 6 heteroatoms. The van der Waals surface area contributed by atoms with Crippen LogP contribution < -0.4 is 4.74 Å². The number of carbonyl (C=O) groups is 1. The van der Waals surface area contributed by atoms with E-state index in [-0.39, 0.29) is 28.9 Å². The average Bonchev–Trinajstić information content (AvgIpc) is 2.68. The monoisotopic (exact) mass is 409 g/mol. The molecule has 0 atom stereocenters. The number of fused-ring (bicyclic) bond motifs is 1. The van der Waals surface area contributed by atoms with Gasteiger partial charge in [-0.25, -0.2) is 0 Å². The van der Waals surface area contributed by atoms with Gasteiger partial charge >= 0.3 is 0 Å². The molecule has 0 unspecified atom stereocenters. The van der Waals surface area contributed by atoms with E-state index in [2.05, 4.69) is 38.7 Å². The maximum atomic E-state index is 13.2. The van der Waals surface area contributed by atoms with Crippen LogP contribution in [-0.4, -0.2) is 34.5 Å². The van der Waals surface area contributed by atoms with Crippen molar-refractivity contribution in [2.24, 2.45) is 10.8 Å². The Balaban J connectivity index is 1.60. The maximum absolute atomic E-state index is 13.2. The molecule has 0 bridgehead atoms. The highest BCUT2D eigenvalue weighted by molar-refractivity contribution is 6.31. The van der Waals surface area contributed by atoms with E-state index < -0.39 is 0 Å². The predicted octanol–water partition coefficient (Wildman–Crippen LogP) is 4.49. The van der Waals surface area contributed by atoms with Crippen LogP contribution in [0.25, 0.3) is 0 Å². The molecule has 1 aromatic heterocycles. The number of pyridine rings is 1. The molecule has 0 spiro atoms. The Morgan fingerprint density at radius 1 is 1.24 bits per heavy atom. The lowest BCUT2D eigenvalue weighted by atomic mass is 9.48. The van der Waals surface area contributed by atoms with Gasteiger partial charge < -0.3 is 9.64 Å². The Morgan fingerprint density at radius 2 is 1.97 bits per heavy atom. The standard InChI is InChI=1S/C23H24ClN3O2/c1-22(2)20(27-11-9-18-16(19(27)28)6-5-10-26-18)23(3,4)21(22)29-15-8-7-14(13-25)17(24)12-15/h5-8,10,12,20-21H,9,11H2,1-4H3. The minimum Gasteiger partial charge on any atom is -0.489 e. The molecule has 29 heavy (non-hydrogen) atoms. The van der Waals surface area contributed by atoms with Gasteiger partial charge in [0.15, 0.2) is 0 Å². The summed E-state index contributed by atoms with van der Waals surface area (Å²) in [5, 5.41) is 9.45. The van der Waals surface area contributed by atoms with Crippen LogP contribution in [0.3, 0.4) is 0 Å². The number of hydrogen-bond acceptors (Lipinski definition) is 4. The van der Waals surface area contributed by atoms with Crippen LogP contribution >= 0.6 is 11.6 Å². The Hall–Kier alpha value is -2.58. The molecule has 2 heterocycles. The molecule has 1 aliphatic carbocycles. The molecule has 0 radical (unpaired) electrons. The fourth-order valence-electron chi connectivity index (χ4n) is 5.57. The van der Waals surface area contributed by atoms with Crippen LogP contribution in [0.2, 0.25) is 5.02 Å². The highest BCUT2D eigenvalue weighted by Crippen LogP contribution is 2.58. The molecule has 2 aliphatic rings. The van der Waals surface area contributed by atoms with E-state index >= 15 is 0 Å². The number of benzene rings is 1. The highest BCUT2D eigenvalue weighted by atomic mass is 35.5. The van der Waals surface area contributed by atoms with Gasteiger partial charge in [0, 0.05) is 42.1 Å². The lowest BCUT2D eigenvalue weighted by molar-refractivity contribution is -0.199. The Kier molecular flexibility index (Phi) is 4.59. The summed E-state index contributed by atoms with van der Waals surface area (Å²) in [5.74, 6) is 0.684. The summed E-state index contributed by atoms with van der Waals surface area (Å²) >= 11 is 6.17. The first-order valence-electron chi connectivity index (χ1n) is 9.79. The second kappa shape index (κ2) is 6.74. The van der Waals surface area contributed by atoms with Gasteiger partial charge in [0.05, 0.1) is 21.8 Å². The Labute approximate surface area is 176 Å². The number of nitriles is 1. The molecule has 4 rings (SSSR count). The normalized spacial score (nSPS) is 24.3. The van der Waals surface area contributed by atoms with Crippen LogP contribution in [0.4, 0.5) is 0 Å². The minimum atomic E-state index is -0.251. The van der Waals surface area contributed by atoms with Crippen molar-refractivity contribution < 1.29 is 9.53 Å². The Bertz CT molecular complexity index is 1010. The van der Waals surface area contributed by atoms with E-state index in [1.165, 1.54) is 0 Å². The largest absolute Gasteiger partial charge is 0.489 e. The molecule has 1 fully saturated rings. The van der Waals surface area contributed by atoms with Gasteiger partial charge in [-0.15, -0.1) is 0 Å². The van der Waals surface area contributed by atoms with Gasteiger partial charge in [0.2, 0.25) is 0 Å². The lowest BCUT2D eigenvalue weighted by Crippen LogP contribution is -2.75. The summed E-state index contributed by atoms with van der Waals surface area (Å²) in [6, 6.07) is 10.9. The Morgan fingerprint density at radius 3 is 2.62 bits per heavy atom. The fourth-order valence-corrected chi connectivity index (χ4v) is 5.78. The third kappa shape index (κ3) is 2.98. The number of carbonyl (C=O) groups excluding carboxylic acids is 1. The second-order valence-electron chi connectivity index (χ2n) is 9.04. The van der Waals surface area contributed by atoms with Gasteiger partial charge in [0.25, 0.3) is 5.91 Å². The molecule has 2 aromatic rings. The third-order valence-electron chi connectivity index (χ3n) is 6.36. The van der Waals surface area contributed by atoms with Gasteiger partial charge in [-0.3, -0.25) is 9.78 Å². The SMILES string of the molecule is CC1(C)C(Oc2ccc(C#N)c(Cl)c2)C(C)(C)C1N1CCc2ncccc2C1=O. The van der Waals surface area contributed by atoms with E-state index in [4.69, 9.17) is 21.6 Å². The van der Waals surface area contributed by atoms with Crippen molar-refractivity contribution in [2.75, 3.05) is 6.54 Å². The van der Waals surface area contributed by atoms with Crippen molar-refractivity contribution in [3.8, 4) is 11.8 Å². The molecule has 1 saturated carbocycles. The summed E-state index contributed by atoms with van der Waals surface area (Å²) in [6.45, 7) is 9.24. The van der Waals surface area contributed by atoms with E-state index in [1.807, 2.05) is 17.0 Å². The van der Waals surface area contributed by atoms with E-state index in [0.29, 0.717) is 28.4 Å². The number of aromatic nitrogens is 1. The van der Waals surface area contributed by atoms with Crippen molar-refractivity contribution >= 4 is 17.5 Å². The van der Waals surface area contributed by atoms with E-state index in [9.17, 15) is 4.79 Å². The first-order valence-corrected chi connectivity index (χ1v) is 10.2. The van der Waals surface area contributed by atoms with Crippen LogP contribution in [0, 0.1) is 22.2 Å². The molecule has 5 nitrogen and oxygen atoms in total. The molecule has 150 valence electrons. The summed E-state index contributed by atoms with van der Waals surface area (Å²) in [4.78, 5) is 19.6. The fraction of sp³-hybridized carbons (Fsp3) is 0.435. The van der Waals surface area contributed by atoms with E-state index in [1.54, 1.807) is 24.4 Å². The third-order valence-corrected chi connectivity index (χ3v) is 6.67. The van der Waals surface area contributed by atoms with Crippen molar-refractivity contribution in [3.63, 3.8) is 0 Å². The lowest BCUT2D eigenvalue weighted by Gasteiger charge is -2.66. The number of ether oxygens (including phenoxy) is 1. The van der Waals surface area contributed by atoms with Gasteiger partial charge in [0.1, 0.15) is 17.9 Å². The molecule has 1 aliphatic heterocycles. The summed E-state index contributed by atoms with van der Waals surface area (Å²) in [6.07, 6.45) is 2.40. The number of rotatable bonds is 3. The molecule has 1 amide bonds. The highest BCUT2D eigenvalue weighted by Gasteiger charge is 2.66. The van der Waals surface area contributed by atoms with Crippen molar-refractivity contribution in [1.29, 1.82) is 5.26 Å². The van der Waals surface area contributed by atoms with Gasteiger partial charge in [-0.1, -0.05) is 39.3 Å². The van der Waals surface area contributed by atoms with Crippen LogP contribution in [0.15, 0.2) is 36.5 Å². The van der Waals surface area contributed by atoms with Crippen molar-refractivity contribution in [2.45, 2.75) is 46.3 Å². The maximum Gasteiger partial charge on any atom is 0.256 e. The van der Waals surface area contributed by atoms with Gasteiger partial charge in [-0.05, 0) is 24.3 Å². The molecule has 1 aromatic carbocycles. The molecule has 0 saturated heterocycles. The number of hydrogen-bond donors (Lipinski definition) is 0.